The number of amides is 1. The number of nitrogens with one attached hydrogen (secondary N) is 1. The smallest absolute Gasteiger partial charge is 0.341 e. The Morgan fingerprint density at radius 2 is 2.12 bits per heavy atom. The Morgan fingerprint density at radius 1 is 1.27 bits per heavy atom. The predicted octanol–water partition coefficient (Wildman–Crippen LogP) is 2.49. The Kier molecular flexibility index (Phi) is 4.37. The molecule has 4 rings (SSSR count). The lowest BCUT2D eigenvalue weighted by atomic mass is 10.1. The van der Waals surface area contributed by atoms with Gasteiger partial charge in [-0.3, -0.25) is 4.79 Å². The van der Waals surface area contributed by atoms with E-state index in [-0.39, 0.29) is 5.82 Å². The summed E-state index contributed by atoms with van der Waals surface area (Å²) in [7, 11) is 1.35. The summed E-state index contributed by atoms with van der Waals surface area (Å²) >= 11 is 1.44. The Hall–Kier alpha value is -2.81. The molecule has 0 aromatic carbocycles. The Bertz CT molecular complexity index is 961. The molecular weight excluding hydrogens is 354 g/mol. The van der Waals surface area contributed by atoms with E-state index in [4.69, 9.17) is 4.74 Å². The van der Waals surface area contributed by atoms with Crippen LogP contribution in [0.1, 0.15) is 50.7 Å². The first-order valence-corrected chi connectivity index (χ1v) is 9.20. The van der Waals surface area contributed by atoms with Gasteiger partial charge < -0.3 is 10.1 Å². The van der Waals surface area contributed by atoms with Crippen LogP contribution in [0.25, 0.3) is 5.78 Å². The number of rotatable bonds is 3. The van der Waals surface area contributed by atoms with Crippen molar-refractivity contribution in [1.82, 2.24) is 19.6 Å². The molecule has 0 saturated heterocycles. The van der Waals surface area contributed by atoms with E-state index in [0.717, 1.165) is 42.5 Å². The summed E-state index contributed by atoms with van der Waals surface area (Å²) in [5.41, 5.74) is 1.46. The molecule has 0 fully saturated rings. The second kappa shape index (κ2) is 6.83. The van der Waals surface area contributed by atoms with Gasteiger partial charge in [0.05, 0.1) is 12.7 Å². The van der Waals surface area contributed by atoms with Crippen LogP contribution in [0, 0.1) is 0 Å². The number of methoxy groups -OCH3 is 1. The maximum atomic E-state index is 12.6. The number of nitrogens with zero attached hydrogens (tertiary/aromatic N) is 4. The molecule has 1 amide bonds. The quantitative estimate of drug-likeness (QED) is 0.561. The highest BCUT2D eigenvalue weighted by atomic mass is 32.1. The first-order chi connectivity index (χ1) is 12.7. The second-order valence-electron chi connectivity index (χ2n) is 6.01. The molecule has 3 heterocycles. The molecule has 1 N–H and O–H groups in total. The number of carbonyl (C=O) groups is 2. The molecular formula is C17H17N5O3S. The van der Waals surface area contributed by atoms with E-state index in [1.807, 2.05) is 0 Å². The lowest BCUT2D eigenvalue weighted by Crippen LogP contribution is -2.16. The molecule has 1 aliphatic carbocycles. The topological polar surface area (TPSA) is 98.5 Å². The van der Waals surface area contributed by atoms with Gasteiger partial charge in [-0.05, 0) is 37.3 Å². The summed E-state index contributed by atoms with van der Waals surface area (Å²) in [6.07, 6.45) is 8.24. The number of aryl methyl sites for hydroxylation is 1. The molecule has 0 saturated carbocycles. The molecule has 0 bridgehead atoms. The molecule has 0 radical (unpaired) electrons. The molecule has 0 spiro atoms. The minimum Gasteiger partial charge on any atom is -0.465 e. The van der Waals surface area contributed by atoms with Crippen LogP contribution in [0.5, 0.6) is 0 Å². The number of hydrogen-bond acceptors (Lipinski definition) is 7. The predicted molar refractivity (Wildman–Crippen MR) is 95.7 cm³/mol. The molecule has 134 valence electrons. The molecule has 8 nitrogen and oxygen atoms in total. The minimum absolute atomic E-state index is 0.00288. The first-order valence-electron chi connectivity index (χ1n) is 8.39. The van der Waals surface area contributed by atoms with E-state index >= 15 is 0 Å². The van der Waals surface area contributed by atoms with Crippen LogP contribution in [0.15, 0.2) is 18.5 Å². The number of hydrogen-bond donors (Lipinski definition) is 1. The largest absolute Gasteiger partial charge is 0.465 e. The van der Waals surface area contributed by atoms with Crippen LogP contribution in [0.3, 0.4) is 0 Å². The maximum absolute atomic E-state index is 12.6. The molecule has 0 atom stereocenters. The Morgan fingerprint density at radius 3 is 2.92 bits per heavy atom. The molecule has 0 aliphatic heterocycles. The van der Waals surface area contributed by atoms with Crippen LogP contribution in [0.2, 0.25) is 0 Å². The average molecular weight is 371 g/mol. The minimum atomic E-state index is -0.475. The summed E-state index contributed by atoms with van der Waals surface area (Å²) < 4.78 is 6.38. The number of anilines is 1. The number of ether oxygens (including phenoxy) is 1. The standard InChI is InChI=1S/C17H17N5O3S/c1-25-16(24)12-10-6-3-2-4-7-11(10)26-15(12)20-14(23)13-19-17-18-8-5-9-22(17)21-13/h5,8-9H,2-4,6-7H2,1H3,(H,20,23). The lowest BCUT2D eigenvalue weighted by Gasteiger charge is -2.06. The van der Waals surface area contributed by atoms with Crippen molar-refractivity contribution in [3.05, 3.63) is 40.3 Å². The van der Waals surface area contributed by atoms with Gasteiger partial charge in [-0.25, -0.2) is 14.3 Å². The summed E-state index contributed by atoms with van der Waals surface area (Å²) in [6, 6.07) is 1.70. The third-order valence-corrected chi connectivity index (χ3v) is 5.56. The zero-order chi connectivity index (χ0) is 18.1. The van der Waals surface area contributed by atoms with Crippen molar-refractivity contribution >= 4 is 34.0 Å². The van der Waals surface area contributed by atoms with Gasteiger partial charge in [-0.2, -0.15) is 4.98 Å². The van der Waals surface area contributed by atoms with Crippen molar-refractivity contribution in [2.24, 2.45) is 0 Å². The van der Waals surface area contributed by atoms with Gasteiger partial charge in [0.2, 0.25) is 5.82 Å². The monoisotopic (exact) mass is 371 g/mol. The molecule has 3 aromatic rings. The number of aromatic nitrogens is 4. The molecule has 0 unspecified atom stereocenters. The second-order valence-corrected chi connectivity index (χ2v) is 7.12. The van der Waals surface area contributed by atoms with Gasteiger partial charge in [0.25, 0.3) is 11.7 Å². The van der Waals surface area contributed by atoms with Crippen molar-refractivity contribution in [3.63, 3.8) is 0 Å². The van der Waals surface area contributed by atoms with Gasteiger partial charge in [-0.15, -0.1) is 16.4 Å². The highest BCUT2D eigenvalue weighted by Crippen LogP contribution is 2.38. The summed E-state index contributed by atoms with van der Waals surface area (Å²) in [5.74, 6) is -0.558. The lowest BCUT2D eigenvalue weighted by molar-refractivity contribution is 0.0601. The van der Waals surface area contributed by atoms with E-state index in [9.17, 15) is 9.59 Å². The van der Waals surface area contributed by atoms with E-state index in [0.29, 0.717) is 16.3 Å². The van der Waals surface area contributed by atoms with Gasteiger partial charge in [-0.1, -0.05) is 6.42 Å². The number of thiophene rings is 1. The van der Waals surface area contributed by atoms with Crippen LogP contribution >= 0.6 is 11.3 Å². The molecule has 26 heavy (non-hydrogen) atoms. The SMILES string of the molecule is COC(=O)c1c(NC(=O)c2nc3ncccn3n2)sc2c1CCCCC2. The first kappa shape index (κ1) is 16.6. The molecule has 9 heteroatoms. The Labute approximate surface area is 153 Å². The zero-order valence-corrected chi connectivity index (χ0v) is 15.0. The van der Waals surface area contributed by atoms with Crippen molar-refractivity contribution in [1.29, 1.82) is 0 Å². The Balaban J connectivity index is 1.68. The van der Waals surface area contributed by atoms with Crippen LogP contribution in [0.4, 0.5) is 5.00 Å². The van der Waals surface area contributed by atoms with E-state index < -0.39 is 11.9 Å². The van der Waals surface area contributed by atoms with Crippen LogP contribution in [-0.2, 0) is 17.6 Å². The highest BCUT2D eigenvalue weighted by Gasteiger charge is 2.27. The summed E-state index contributed by atoms with van der Waals surface area (Å²) in [6.45, 7) is 0. The zero-order valence-electron chi connectivity index (χ0n) is 14.2. The van der Waals surface area contributed by atoms with E-state index in [2.05, 4.69) is 20.4 Å². The summed E-state index contributed by atoms with van der Waals surface area (Å²) in [5, 5.41) is 7.41. The fraction of sp³-hybridized carbons (Fsp3) is 0.353. The van der Waals surface area contributed by atoms with Crippen molar-refractivity contribution in [2.75, 3.05) is 12.4 Å². The van der Waals surface area contributed by atoms with Crippen LogP contribution in [-0.4, -0.2) is 38.6 Å². The highest BCUT2D eigenvalue weighted by molar-refractivity contribution is 7.17. The van der Waals surface area contributed by atoms with Gasteiger partial charge >= 0.3 is 5.97 Å². The van der Waals surface area contributed by atoms with Gasteiger partial charge in [0.1, 0.15) is 5.00 Å². The van der Waals surface area contributed by atoms with Crippen molar-refractivity contribution in [2.45, 2.75) is 32.1 Å². The van der Waals surface area contributed by atoms with Crippen molar-refractivity contribution in [3.8, 4) is 0 Å². The fourth-order valence-corrected chi connectivity index (χ4v) is 4.41. The average Bonchev–Trinajstić information content (AvgIpc) is 3.15. The molecule has 1 aliphatic rings. The van der Waals surface area contributed by atoms with E-state index in [1.165, 1.54) is 23.0 Å². The third-order valence-electron chi connectivity index (χ3n) is 4.36. The normalized spacial score (nSPS) is 13.9. The fourth-order valence-electron chi connectivity index (χ4n) is 3.14. The summed E-state index contributed by atoms with van der Waals surface area (Å²) in [4.78, 5) is 34.2. The van der Waals surface area contributed by atoms with Crippen LogP contribution < -0.4 is 5.32 Å². The number of fused-ring (bicyclic) bond motifs is 2. The number of carbonyl (C=O) groups excluding carboxylic acids is 2. The maximum Gasteiger partial charge on any atom is 0.341 e. The van der Waals surface area contributed by atoms with Crippen molar-refractivity contribution < 1.29 is 14.3 Å². The van der Waals surface area contributed by atoms with Gasteiger partial charge in [0.15, 0.2) is 0 Å². The molecule has 3 aromatic heterocycles. The van der Waals surface area contributed by atoms with E-state index in [1.54, 1.807) is 18.5 Å². The number of esters is 1. The van der Waals surface area contributed by atoms with Gasteiger partial charge in [0, 0.05) is 17.3 Å². The third kappa shape index (κ3) is 2.94.